The minimum atomic E-state index is 0.422. The van der Waals surface area contributed by atoms with Gasteiger partial charge < -0.3 is 0 Å². The summed E-state index contributed by atoms with van der Waals surface area (Å²) in [4.78, 5) is 0. The third kappa shape index (κ3) is 2.48. The van der Waals surface area contributed by atoms with Gasteiger partial charge in [-0.25, -0.2) is 0 Å². The Hall–Kier alpha value is -0.371. The van der Waals surface area contributed by atoms with Crippen molar-refractivity contribution in [2.24, 2.45) is 0 Å². The summed E-state index contributed by atoms with van der Waals surface area (Å²) in [6, 6.07) is 9.42. The Morgan fingerprint density at radius 1 is 1.30 bits per heavy atom. The molecule has 10 heavy (non-hydrogen) atoms. The van der Waals surface area contributed by atoms with Crippen LogP contribution in [0.4, 0.5) is 0 Å². The summed E-state index contributed by atoms with van der Waals surface area (Å²) >= 11 is 7.30. The maximum absolute atomic E-state index is 5.09. The summed E-state index contributed by atoms with van der Waals surface area (Å²) in [6.45, 7) is 0. The van der Waals surface area contributed by atoms with Crippen LogP contribution in [-0.2, 0) is 0 Å². The number of ether oxygens (including phenoxy) is 1. The topological polar surface area (TPSA) is 9.23 Å². The first-order chi connectivity index (χ1) is 4.79. The van der Waals surface area contributed by atoms with Crippen molar-refractivity contribution in [3.63, 3.8) is 0 Å². The van der Waals surface area contributed by atoms with E-state index in [2.05, 4.69) is 16.0 Å². The maximum atomic E-state index is 5.09. The second kappa shape index (κ2) is 3.71. The van der Waals surface area contributed by atoms with Crippen LogP contribution in [0.1, 0.15) is 0 Å². The molecule has 0 atom stereocenters. The van der Waals surface area contributed by atoms with E-state index in [1.54, 1.807) is 0 Å². The Morgan fingerprint density at radius 2 is 1.90 bits per heavy atom. The molecule has 0 saturated heterocycles. The normalized spacial score (nSPS) is 8.80. The average Bonchev–Trinajstić information content (AvgIpc) is 1.88. The molecule has 0 aliphatic heterocycles. The molecule has 0 fully saturated rings. The van der Waals surface area contributed by atoms with E-state index in [-0.39, 0.29) is 0 Å². The predicted molar refractivity (Wildman–Crippen MR) is 45.4 cm³/mol. The van der Waals surface area contributed by atoms with Gasteiger partial charge in [0.1, 0.15) is 0 Å². The van der Waals surface area contributed by atoms with Gasteiger partial charge in [-0.15, -0.1) is 0 Å². The second-order valence-electron chi connectivity index (χ2n) is 1.67. The Labute approximate surface area is 73.2 Å². The average molecular weight is 216 g/mol. The van der Waals surface area contributed by atoms with Gasteiger partial charge in [0.15, 0.2) is 0 Å². The van der Waals surface area contributed by atoms with Gasteiger partial charge in [0.25, 0.3) is 0 Å². The van der Waals surface area contributed by atoms with E-state index in [0.717, 1.165) is 5.75 Å². The Bertz CT molecular complexity index is 222. The minimum absolute atomic E-state index is 0.422. The first kappa shape index (κ1) is 7.73. The molecule has 0 aliphatic carbocycles. The van der Waals surface area contributed by atoms with Gasteiger partial charge in [0.2, 0.25) is 0 Å². The van der Waals surface area contributed by atoms with Crippen LogP contribution in [0, 0.1) is 0 Å². The molecule has 1 aromatic rings. The number of benzene rings is 1. The van der Waals surface area contributed by atoms with Gasteiger partial charge >= 0.3 is 73.0 Å². The van der Waals surface area contributed by atoms with Gasteiger partial charge in [0.05, 0.1) is 0 Å². The number of rotatable bonds is 1. The number of para-hydroxylation sites is 1. The molecule has 0 aromatic heterocycles. The molecule has 0 amide bonds. The molecular weight excluding hydrogens is 211 g/mol. The molecule has 1 aromatic carbocycles. The molecule has 0 spiro atoms. The summed E-state index contributed by atoms with van der Waals surface area (Å²) in [5.74, 6) is 0.770. The first-order valence-corrected chi connectivity index (χ1v) is 3.99. The van der Waals surface area contributed by atoms with Gasteiger partial charge in [-0.2, -0.15) is 0 Å². The van der Waals surface area contributed by atoms with Gasteiger partial charge in [-0.3, -0.25) is 0 Å². The van der Waals surface area contributed by atoms with E-state index in [1.807, 2.05) is 30.3 Å². The van der Waals surface area contributed by atoms with E-state index in [0.29, 0.717) is 3.95 Å². The van der Waals surface area contributed by atoms with Crippen LogP contribution in [-0.4, -0.2) is 20.0 Å². The summed E-state index contributed by atoms with van der Waals surface area (Å²) < 4.78 is 5.51. The fourth-order valence-corrected chi connectivity index (χ4v) is 0.883. The van der Waals surface area contributed by atoms with Crippen LogP contribution in [0.3, 0.4) is 0 Å². The molecule has 0 unspecified atom stereocenters. The van der Waals surface area contributed by atoms with Crippen LogP contribution < -0.4 is 4.74 Å². The summed E-state index contributed by atoms with van der Waals surface area (Å²) in [5, 5.41) is 0. The zero-order chi connectivity index (χ0) is 7.40. The van der Waals surface area contributed by atoms with Crippen molar-refractivity contribution in [2.45, 2.75) is 0 Å². The molecular formula is C7H5OSSe. The zero-order valence-electron chi connectivity index (χ0n) is 5.11. The van der Waals surface area contributed by atoms with Crippen LogP contribution in [0.15, 0.2) is 30.3 Å². The molecule has 3 heteroatoms. The zero-order valence-corrected chi connectivity index (χ0v) is 7.64. The van der Waals surface area contributed by atoms with E-state index in [4.69, 9.17) is 17.0 Å². The molecule has 1 radical (unpaired) electrons. The monoisotopic (exact) mass is 217 g/mol. The van der Waals surface area contributed by atoms with Crippen molar-refractivity contribution >= 4 is 32.2 Å². The third-order valence-corrected chi connectivity index (χ3v) is 1.20. The Morgan fingerprint density at radius 3 is 2.40 bits per heavy atom. The molecule has 51 valence electrons. The molecule has 1 nitrogen and oxygen atoms in total. The molecule has 0 aliphatic rings. The van der Waals surface area contributed by atoms with Crippen molar-refractivity contribution in [3.05, 3.63) is 30.3 Å². The molecule has 0 saturated carbocycles. The number of hydrogen-bond acceptors (Lipinski definition) is 2. The molecule has 0 N–H and O–H groups in total. The second-order valence-corrected chi connectivity index (χ2v) is 3.40. The van der Waals surface area contributed by atoms with Crippen molar-refractivity contribution in [3.8, 4) is 5.75 Å². The fraction of sp³-hybridized carbons (Fsp3) is 0. The standard InChI is InChI=1S/C7H5OSSe/c9-7(10)8-6-4-2-1-3-5-6/h1-5H. The van der Waals surface area contributed by atoms with Crippen LogP contribution in [0.25, 0.3) is 0 Å². The number of thiocarbonyl (C=S) groups is 1. The van der Waals surface area contributed by atoms with Crippen LogP contribution >= 0.6 is 12.2 Å². The van der Waals surface area contributed by atoms with Gasteiger partial charge in [-0.1, -0.05) is 0 Å². The van der Waals surface area contributed by atoms with E-state index < -0.39 is 0 Å². The van der Waals surface area contributed by atoms with Crippen molar-refractivity contribution in [1.82, 2.24) is 0 Å². The van der Waals surface area contributed by atoms with Gasteiger partial charge in [-0.05, 0) is 0 Å². The Kier molecular flexibility index (Phi) is 2.87. The van der Waals surface area contributed by atoms with Crippen LogP contribution in [0.5, 0.6) is 5.75 Å². The quantitative estimate of drug-likeness (QED) is 0.520. The van der Waals surface area contributed by atoms with Crippen molar-refractivity contribution in [1.29, 1.82) is 0 Å². The fourth-order valence-electron chi connectivity index (χ4n) is 0.585. The predicted octanol–water partition coefficient (Wildman–Crippen LogP) is 1.52. The summed E-state index contributed by atoms with van der Waals surface area (Å²) in [5.41, 5.74) is 0. The van der Waals surface area contributed by atoms with Gasteiger partial charge in [0, 0.05) is 0 Å². The summed E-state index contributed by atoms with van der Waals surface area (Å²) in [7, 11) is 0. The number of hydrogen-bond donors (Lipinski definition) is 0. The van der Waals surface area contributed by atoms with E-state index in [1.165, 1.54) is 0 Å². The summed E-state index contributed by atoms with van der Waals surface area (Å²) in [6.07, 6.45) is 0. The van der Waals surface area contributed by atoms with Crippen molar-refractivity contribution < 1.29 is 4.74 Å². The first-order valence-electron chi connectivity index (χ1n) is 2.73. The molecule has 1 rings (SSSR count). The third-order valence-electron chi connectivity index (χ3n) is 0.944. The van der Waals surface area contributed by atoms with E-state index in [9.17, 15) is 0 Å². The molecule has 0 bridgehead atoms. The van der Waals surface area contributed by atoms with E-state index >= 15 is 0 Å². The van der Waals surface area contributed by atoms with Crippen LogP contribution in [0.2, 0.25) is 0 Å². The Balaban J connectivity index is 2.67. The molecule has 0 heterocycles. The van der Waals surface area contributed by atoms with Crippen molar-refractivity contribution in [2.75, 3.05) is 0 Å². The SMILES string of the molecule is S=C([Se])Oc1ccccc1.